The van der Waals surface area contributed by atoms with E-state index in [1.54, 1.807) is 0 Å². The fourth-order valence-electron chi connectivity index (χ4n) is 4.59. The van der Waals surface area contributed by atoms with Crippen LogP contribution in [-0.2, 0) is 0 Å². The average Bonchev–Trinajstić information content (AvgIpc) is 3.12. The Morgan fingerprint density at radius 2 is 1.65 bits per heavy atom. The molecule has 0 amide bonds. The Morgan fingerprint density at radius 1 is 0.950 bits per heavy atom. The molecule has 0 radical (unpaired) electrons. The minimum Gasteiger partial charge on any atom is -0.340 e. The molecule has 5 heteroatoms. The van der Waals surface area contributed by atoms with Gasteiger partial charge in [0.15, 0.2) is 4.77 Å². The molecule has 1 aromatic heterocycles. The summed E-state index contributed by atoms with van der Waals surface area (Å²) >= 11 is 5.51. The van der Waals surface area contributed by atoms with Gasteiger partial charge in [-0.2, -0.15) is 0 Å². The Kier molecular flexibility index (Phi) is 3.33. The van der Waals surface area contributed by atoms with E-state index in [1.807, 2.05) is 0 Å². The van der Waals surface area contributed by atoms with Crippen LogP contribution in [0.5, 0.6) is 0 Å². The summed E-state index contributed by atoms with van der Waals surface area (Å²) in [5.41, 5.74) is 0. The predicted octanol–water partition coefficient (Wildman–Crippen LogP) is 3.68. The Balaban J connectivity index is 1.60. The van der Waals surface area contributed by atoms with Crippen LogP contribution >= 0.6 is 12.2 Å². The largest absolute Gasteiger partial charge is 0.340 e. The van der Waals surface area contributed by atoms with E-state index in [0.717, 1.165) is 22.6 Å². The molecule has 4 nitrogen and oxygen atoms in total. The van der Waals surface area contributed by atoms with Gasteiger partial charge in [0, 0.05) is 19.1 Å². The lowest BCUT2D eigenvalue weighted by Gasteiger charge is -2.27. The normalized spacial score (nSPS) is 30.9. The number of H-pyrrole nitrogens is 1. The number of aromatic nitrogens is 3. The van der Waals surface area contributed by atoms with Crippen molar-refractivity contribution in [3.05, 3.63) is 4.77 Å². The first-order valence-electron chi connectivity index (χ1n) is 8.25. The van der Waals surface area contributed by atoms with Gasteiger partial charge >= 0.3 is 0 Å². The topological polar surface area (TPSA) is 36.9 Å². The summed E-state index contributed by atoms with van der Waals surface area (Å²) < 4.78 is 3.15. The van der Waals surface area contributed by atoms with Gasteiger partial charge in [-0.1, -0.05) is 25.7 Å². The zero-order valence-electron chi connectivity index (χ0n) is 12.1. The Labute approximate surface area is 125 Å². The van der Waals surface area contributed by atoms with Crippen molar-refractivity contribution in [2.45, 2.75) is 57.4 Å². The molecule has 2 aliphatic carbocycles. The summed E-state index contributed by atoms with van der Waals surface area (Å²) in [6, 6.07) is 0.574. The molecule has 1 aromatic rings. The van der Waals surface area contributed by atoms with Crippen molar-refractivity contribution in [3.63, 3.8) is 0 Å². The maximum atomic E-state index is 5.51. The molecule has 0 bridgehead atoms. The number of hydrogen-bond donors (Lipinski definition) is 1. The molecule has 4 rings (SSSR count). The van der Waals surface area contributed by atoms with Crippen LogP contribution in [0.25, 0.3) is 0 Å². The second-order valence-corrected chi connectivity index (χ2v) is 7.23. The van der Waals surface area contributed by atoms with Gasteiger partial charge in [0.2, 0.25) is 5.95 Å². The van der Waals surface area contributed by atoms with Crippen molar-refractivity contribution in [1.29, 1.82) is 0 Å². The maximum absolute atomic E-state index is 5.51. The van der Waals surface area contributed by atoms with Crippen molar-refractivity contribution in [1.82, 2.24) is 14.8 Å². The molecule has 1 N–H and O–H groups in total. The van der Waals surface area contributed by atoms with E-state index < -0.39 is 0 Å². The highest BCUT2D eigenvalue weighted by Gasteiger charge is 2.38. The van der Waals surface area contributed by atoms with Gasteiger partial charge in [0.05, 0.1) is 0 Å². The molecule has 3 fully saturated rings. The quantitative estimate of drug-likeness (QED) is 0.845. The van der Waals surface area contributed by atoms with E-state index in [2.05, 4.69) is 19.7 Å². The first-order chi connectivity index (χ1) is 9.83. The van der Waals surface area contributed by atoms with E-state index in [9.17, 15) is 0 Å². The van der Waals surface area contributed by atoms with Crippen molar-refractivity contribution in [2.75, 3.05) is 18.0 Å². The second kappa shape index (κ2) is 5.17. The van der Waals surface area contributed by atoms with Gasteiger partial charge in [0.25, 0.3) is 0 Å². The summed E-state index contributed by atoms with van der Waals surface area (Å²) in [7, 11) is 0. The van der Waals surface area contributed by atoms with Crippen LogP contribution in [0.4, 0.5) is 5.95 Å². The van der Waals surface area contributed by atoms with Gasteiger partial charge in [-0.05, 0) is 49.7 Å². The fourth-order valence-corrected chi connectivity index (χ4v) is 4.86. The molecule has 110 valence electrons. The molecular weight excluding hydrogens is 268 g/mol. The number of nitrogens with zero attached hydrogens (tertiary/aromatic N) is 3. The van der Waals surface area contributed by atoms with Gasteiger partial charge < -0.3 is 4.90 Å². The Bertz CT molecular complexity index is 516. The predicted molar refractivity (Wildman–Crippen MR) is 82.6 cm³/mol. The molecule has 0 spiro atoms. The SMILES string of the molecule is S=c1[nH]nc(N2CC3CCCC3C2)n1C1CCCCC1. The van der Waals surface area contributed by atoms with Crippen LogP contribution in [0.1, 0.15) is 57.4 Å². The van der Waals surface area contributed by atoms with E-state index in [0.29, 0.717) is 6.04 Å². The van der Waals surface area contributed by atoms with Crippen LogP contribution in [0.15, 0.2) is 0 Å². The number of nitrogens with one attached hydrogen (secondary N) is 1. The van der Waals surface area contributed by atoms with Crippen molar-refractivity contribution in [2.24, 2.45) is 11.8 Å². The van der Waals surface area contributed by atoms with Gasteiger partial charge in [-0.3, -0.25) is 4.57 Å². The van der Waals surface area contributed by atoms with Crippen LogP contribution in [0.3, 0.4) is 0 Å². The first-order valence-corrected chi connectivity index (χ1v) is 8.65. The second-order valence-electron chi connectivity index (χ2n) is 6.85. The van der Waals surface area contributed by atoms with Crippen LogP contribution in [-0.4, -0.2) is 27.9 Å². The summed E-state index contributed by atoms with van der Waals surface area (Å²) in [6.07, 6.45) is 10.8. The standard InChI is InChI=1S/C15H24N4S/c20-15-17-16-14(19(15)13-7-2-1-3-8-13)18-9-11-5-4-6-12(11)10-18/h11-13H,1-10H2,(H,17,20). The van der Waals surface area contributed by atoms with Gasteiger partial charge in [0.1, 0.15) is 0 Å². The third-order valence-electron chi connectivity index (χ3n) is 5.63. The van der Waals surface area contributed by atoms with Gasteiger partial charge in [-0.25, -0.2) is 5.10 Å². The highest BCUT2D eigenvalue weighted by Crippen LogP contribution is 2.40. The Hall–Kier alpha value is -0.840. The van der Waals surface area contributed by atoms with E-state index in [-0.39, 0.29) is 0 Å². The zero-order valence-corrected chi connectivity index (χ0v) is 12.9. The molecule has 20 heavy (non-hydrogen) atoms. The van der Waals surface area contributed by atoms with E-state index >= 15 is 0 Å². The number of anilines is 1. The fraction of sp³-hybridized carbons (Fsp3) is 0.867. The number of rotatable bonds is 2. The van der Waals surface area contributed by atoms with Crippen molar-refractivity contribution < 1.29 is 0 Å². The smallest absolute Gasteiger partial charge is 0.225 e. The molecule has 2 unspecified atom stereocenters. The molecule has 1 aliphatic heterocycles. The zero-order chi connectivity index (χ0) is 13.5. The molecule has 2 saturated carbocycles. The van der Waals surface area contributed by atoms with Crippen molar-refractivity contribution in [3.8, 4) is 0 Å². The Morgan fingerprint density at radius 3 is 2.35 bits per heavy atom. The minimum atomic E-state index is 0.574. The summed E-state index contributed by atoms with van der Waals surface area (Å²) in [5, 5.41) is 7.62. The number of fused-ring (bicyclic) bond motifs is 1. The molecule has 0 aromatic carbocycles. The molecule has 3 aliphatic rings. The highest BCUT2D eigenvalue weighted by molar-refractivity contribution is 7.71. The van der Waals surface area contributed by atoms with Crippen LogP contribution in [0.2, 0.25) is 0 Å². The van der Waals surface area contributed by atoms with Crippen molar-refractivity contribution >= 4 is 18.2 Å². The third-order valence-corrected chi connectivity index (χ3v) is 5.92. The molecular formula is C15H24N4S. The minimum absolute atomic E-state index is 0.574. The summed E-state index contributed by atoms with van der Waals surface area (Å²) in [4.78, 5) is 2.50. The number of aromatic amines is 1. The highest BCUT2D eigenvalue weighted by atomic mass is 32.1. The summed E-state index contributed by atoms with van der Waals surface area (Å²) in [5.74, 6) is 2.93. The lowest BCUT2D eigenvalue weighted by Crippen LogP contribution is -2.26. The monoisotopic (exact) mass is 292 g/mol. The van der Waals surface area contributed by atoms with E-state index in [4.69, 9.17) is 12.2 Å². The lowest BCUT2D eigenvalue weighted by molar-refractivity contribution is 0.350. The lowest BCUT2D eigenvalue weighted by atomic mass is 9.95. The number of hydrogen-bond acceptors (Lipinski definition) is 3. The average molecular weight is 292 g/mol. The molecule has 2 heterocycles. The van der Waals surface area contributed by atoms with Gasteiger partial charge in [-0.15, -0.1) is 5.10 Å². The third kappa shape index (κ3) is 2.10. The summed E-state index contributed by atoms with van der Waals surface area (Å²) in [6.45, 7) is 2.38. The molecule has 2 atom stereocenters. The van der Waals surface area contributed by atoms with E-state index in [1.165, 1.54) is 64.5 Å². The molecule has 1 saturated heterocycles. The maximum Gasteiger partial charge on any atom is 0.225 e. The first kappa shape index (κ1) is 12.9. The van der Waals surface area contributed by atoms with Crippen LogP contribution < -0.4 is 4.90 Å². The van der Waals surface area contributed by atoms with Crippen LogP contribution in [0, 0.1) is 16.6 Å².